The summed E-state index contributed by atoms with van der Waals surface area (Å²) >= 11 is 1.57. The zero-order valence-corrected chi connectivity index (χ0v) is 18.9. The number of rotatable bonds is 8. The van der Waals surface area contributed by atoms with Crippen LogP contribution in [0, 0.1) is 0 Å². The summed E-state index contributed by atoms with van der Waals surface area (Å²) < 4.78 is 10.7. The monoisotopic (exact) mass is 451 g/mol. The van der Waals surface area contributed by atoms with Gasteiger partial charge in [0.05, 0.1) is 23.0 Å². The van der Waals surface area contributed by atoms with Crippen molar-refractivity contribution in [2.45, 2.75) is 13.0 Å². The van der Waals surface area contributed by atoms with E-state index >= 15 is 0 Å². The van der Waals surface area contributed by atoms with Crippen LogP contribution in [-0.4, -0.2) is 55.6 Å². The second-order valence-electron chi connectivity index (χ2n) is 7.56. The molecule has 0 radical (unpaired) electrons. The minimum absolute atomic E-state index is 0.0435. The number of fused-ring (bicyclic) bond motifs is 1. The minimum Gasteiger partial charge on any atom is -0.482 e. The number of thiazole rings is 1. The molecule has 3 aromatic rings. The maximum Gasteiger partial charge on any atom is 0.265 e. The molecule has 0 bridgehead atoms. The van der Waals surface area contributed by atoms with E-state index in [-0.39, 0.29) is 25.0 Å². The molecule has 0 saturated heterocycles. The maximum absolute atomic E-state index is 12.9. The van der Waals surface area contributed by atoms with E-state index in [0.29, 0.717) is 24.6 Å². The second-order valence-corrected chi connectivity index (χ2v) is 8.50. The van der Waals surface area contributed by atoms with Gasteiger partial charge in [0.1, 0.15) is 12.3 Å². The van der Waals surface area contributed by atoms with Crippen molar-refractivity contribution >= 4 is 28.8 Å². The zero-order valence-electron chi connectivity index (χ0n) is 18.1. The highest BCUT2D eigenvalue weighted by molar-refractivity contribution is 7.09. The van der Waals surface area contributed by atoms with Crippen molar-refractivity contribution < 1.29 is 19.1 Å². The van der Waals surface area contributed by atoms with Crippen LogP contribution in [-0.2, 0) is 27.3 Å². The smallest absolute Gasteiger partial charge is 0.265 e. The van der Waals surface area contributed by atoms with Crippen LogP contribution in [0.25, 0.3) is 11.3 Å². The number of methoxy groups -OCH3 is 1. The number of likely N-dealkylation sites (N-methyl/N-ethyl adjacent to an activating group) is 1. The number of carbonyl (C=O) groups is 2. The van der Waals surface area contributed by atoms with E-state index in [1.807, 2.05) is 53.9 Å². The van der Waals surface area contributed by atoms with E-state index < -0.39 is 0 Å². The number of carbonyl (C=O) groups excluding carboxylic acids is 2. The van der Waals surface area contributed by atoms with Crippen LogP contribution in [0.5, 0.6) is 5.75 Å². The van der Waals surface area contributed by atoms with Crippen molar-refractivity contribution in [2.75, 3.05) is 38.8 Å². The molecule has 166 valence electrons. The molecule has 0 fully saturated rings. The predicted molar refractivity (Wildman–Crippen MR) is 124 cm³/mol. The number of aromatic nitrogens is 1. The van der Waals surface area contributed by atoms with Crippen molar-refractivity contribution in [3.05, 3.63) is 64.5 Å². The van der Waals surface area contributed by atoms with Crippen molar-refractivity contribution in [2.24, 2.45) is 0 Å². The van der Waals surface area contributed by atoms with Gasteiger partial charge in [-0.15, -0.1) is 11.3 Å². The van der Waals surface area contributed by atoms with Gasteiger partial charge in [-0.1, -0.05) is 30.3 Å². The van der Waals surface area contributed by atoms with E-state index in [2.05, 4.69) is 4.98 Å². The number of hydrogen-bond acceptors (Lipinski definition) is 6. The normalized spacial score (nSPS) is 12.9. The third kappa shape index (κ3) is 4.98. The lowest BCUT2D eigenvalue weighted by Gasteiger charge is -2.30. The molecule has 0 spiro atoms. The molecule has 2 aromatic carbocycles. The van der Waals surface area contributed by atoms with E-state index in [0.717, 1.165) is 28.2 Å². The van der Waals surface area contributed by atoms with Gasteiger partial charge in [0.15, 0.2) is 6.61 Å². The standard InChI is InChI=1S/C24H25N3O4S/c1-26(13-17-6-4-3-5-7-17)23(28)14-27-20-12-18(8-9-21(20)31-15-24(27)29)19-16-32-22(25-19)10-11-30-2/h3-9,12,16H,10-11,13-15H2,1-2H3. The van der Waals surface area contributed by atoms with Crippen LogP contribution in [0.4, 0.5) is 5.69 Å². The summed E-state index contributed by atoms with van der Waals surface area (Å²) in [6.45, 7) is 0.970. The van der Waals surface area contributed by atoms with Crippen LogP contribution in [0.1, 0.15) is 10.6 Å². The van der Waals surface area contributed by atoms with Gasteiger partial charge in [-0.05, 0) is 23.8 Å². The average molecular weight is 452 g/mol. The molecule has 8 heteroatoms. The predicted octanol–water partition coefficient (Wildman–Crippen LogP) is 3.38. The molecule has 7 nitrogen and oxygen atoms in total. The minimum atomic E-state index is -0.241. The molecule has 2 amide bonds. The Balaban J connectivity index is 1.53. The van der Waals surface area contributed by atoms with Crippen LogP contribution in [0.2, 0.25) is 0 Å². The summed E-state index contributed by atoms with van der Waals surface area (Å²) in [5.41, 5.74) is 3.32. The molecule has 32 heavy (non-hydrogen) atoms. The molecular formula is C24H25N3O4S. The third-order valence-electron chi connectivity index (χ3n) is 5.25. The van der Waals surface area contributed by atoms with Crippen molar-refractivity contribution in [3.63, 3.8) is 0 Å². The van der Waals surface area contributed by atoms with E-state index in [4.69, 9.17) is 9.47 Å². The molecule has 1 aliphatic rings. The Labute approximate surface area is 191 Å². The first-order valence-corrected chi connectivity index (χ1v) is 11.2. The average Bonchev–Trinajstić information content (AvgIpc) is 3.29. The van der Waals surface area contributed by atoms with Gasteiger partial charge in [0, 0.05) is 38.1 Å². The van der Waals surface area contributed by atoms with Gasteiger partial charge in [-0.2, -0.15) is 0 Å². The van der Waals surface area contributed by atoms with Gasteiger partial charge in [0.25, 0.3) is 5.91 Å². The molecule has 0 aliphatic carbocycles. The Morgan fingerprint density at radius 2 is 2.06 bits per heavy atom. The molecule has 2 heterocycles. The second kappa shape index (κ2) is 9.93. The lowest BCUT2D eigenvalue weighted by atomic mass is 10.1. The van der Waals surface area contributed by atoms with E-state index in [1.54, 1.807) is 30.4 Å². The van der Waals surface area contributed by atoms with Crippen LogP contribution < -0.4 is 9.64 Å². The quantitative estimate of drug-likeness (QED) is 0.525. The van der Waals surface area contributed by atoms with Crippen molar-refractivity contribution in [3.8, 4) is 17.0 Å². The largest absolute Gasteiger partial charge is 0.482 e. The highest BCUT2D eigenvalue weighted by Crippen LogP contribution is 2.36. The highest BCUT2D eigenvalue weighted by atomic mass is 32.1. The van der Waals surface area contributed by atoms with E-state index in [9.17, 15) is 9.59 Å². The van der Waals surface area contributed by atoms with Gasteiger partial charge >= 0.3 is 0 Å². The van der Waals surface area contributed by atoms with Gasteiger partial charge in [-0.3, -0.25) is 14.5 Å². The summed E-state index contributed by atoms with van der Waals surface area (Å²) in [6, 6.07) is 15.4. The molecule has 1 aliphatic heterocycles. The van der Waals surface area contributed by atoms with Crippen molar-refractivity contribution in [1.82, 2.24) is 9.88 Å². The number of amides is 2. The Morgan fingerprint density at radius 3 is 2.84 bits per heavy atom. The first kappa shape index (κ1) is 22.0. The van der Waals surface area contributed by atoms with Gasteiger partial charge in [-0.25, -0.2) is 4.98 Å². The molecule has 4 rings (SSSR count). The molecule has 1 aromatic heterocycles. The summed E-state index contributed by atoms with van der Waals surface area (Å²) in [6.07, 6.45) is 0.752. The fourth-order valence-electron chi connectivity index (χ4n) is 3.48. The SMILES string of the molecule is COCCc1nc(-c2ccc3c(c2)N(CC(=O)N(C)Cc2ccccc2)C(=O)CO3)cs1. The summed E-state index contributed by atoms with van der Waals surface area (Å²) in [5, 5.41) is 2.97. The topological polar surface area (TPSA) is 72.0 Å². The maximum atomic E-state index is 12.9. The summed E-state index contributed by atoms with van der Waals surface area (Å²) in [4.78, 5) is 33.3. The Kier molecular flexibility index (Phi) is 6.82. The van der Waals surface area contributed by atoms with Gasteiger partial charge < -0.3 is 14.4 Å². The number of benzene rings is 2. The third-order valence-corrected chi connectivity index (χ3v) is 6.16. The highest BCUT2D eigenvalue weighted by Gasteiger charge is 2.29. The Bertz CT molecular complexity index is 1100. The fourth-order valence-corrected chi connectivity index (χ4v) is 4.27. The molecular weight excluding hydrogens is 426 g/mol. The first-order chi connectivity index (χ1) is 15.5. The van der Waals surface area contributed by atoms with Crippen molar-refractivity contribution in [1.29, 1.82) is 0 Å². The number of ether oxygens (including phenoxy) is 2. The van der Waals surface area contributed by atoms with Crippen LogP contribution in [0.15, 0.2) is 53.9 Å². The lowest BCUT2D eigenvalue weighted by molar-refractivity contribution is -0.131. The summed E-state index contributed by atoms with van der Waals surface area (Å²) in [7, 11) is 3.41. The lowest BCUT2D eigenvalue weighted by Crippen LogP contribution is -2.45. The number of hydrogen-bond donors (Lipinski definition) is 0. The summed E-state index contributed by atoms with van der Waals surface area (Å²) in [5.74, 6) is 0.202. The number of nitrogens with zero attached hydrogens (tertiary/aromatic N) is 3. The molecule has 0 unspecified atom stereocenters. The van der Waals surface area contributed by atoms with Gasteiger partial charge in [0.2, 0.25) is 5.91 Å². The number of anilines is 1. The first-order valence-electron chi connectivity index (χ1n) is 10.3. The van der Waals surface area contributed by atoms with Crippen LogP contribution in [0.3, 0.4) is 0 Å². The fraction of sp³-hybridized carbons (Fsp3) is 0.292. The zero-order chi connectivity index (χ0) is 22.5. The molecule has 0 atom stereocenters. The Hall–Kier alpha value is -3.23. The molecule has 0 saturated carbocycles. The van der Waals surface area contributed by atoms with E-state index in [1.165, 1.54) is 4.90 Å². The Morgan fingerprint density at radius 1 is 1.25 bits per heavy atom. The molecule has 0 N–H and O–H groups in total. The van der Waals surface area contributed by atoms with Crippen LogP contribution >= 0.6 is 11.3 Å².